The van der Waals surface area contributed by atoms with Gasteiger partial charge in [-0.2, -0.15) is 0 Å². The highest BCUT2D eigenvalue weighted by Crippen LogP contribution is 2.45. The Balaban J connectivity index is 1.70. The number of carbonyl (C=O) groups excluding carboxylic acids is 1. The summed E-state index contributed by atoms with van der Waals surface area (Å²) in [5.74, 6) is 0. The van der Waals surface area contributed by atoms with E-state index in [9.17, 15) is 4.79 Å². The maximum Gasteiger partial charge on any atom is 0.410 e. The molecule has 0 aromatic carbocycles. The van der Waals surface area contributed by atoms with E-state index in [4.69, 9.17) is 9.47 Å². The maximum atomic E-state index is 12.3. The first-order valence-electron chi connectivity index (χ1n) is 7.51. The van der Waals surface area contributed by atoms with Gasteiger partial charge in [0, 0.05) is 19.5 Å². The lowest BCUT2D eigenvalue weighted by atomic mass is 9.84. The van der Waals surface area contributed by atoms with Crippen LogP contribution in [0.2, 0.25) is 0 Å². The molecule has 3 saturated heterocycles. The number of hydrogen-bond acceptors (Lipinski definition) is 3. The van der Waals surface area contributed by atoms with E-state index in [0.29, 0.717) is 0 Å². The Morgan fingerprint density at radius 3 is 2.68 bits per heavy atom. The van der Waals surface area contributed by atoms with Crippen LogP contribution in [0.1, 0.15) is 45.4 Å². The van der Waals surface area contributed by atoms with Gasteiger partial charge in [-0.25, -0.2) is 4.79 Å². The molecular formula is C15H23NO3. The van der Waals surface area contributed by atoms with Gasteiger partial charge < -0.3 is 14.4 Å². The number of likely N-dealkylation sites (tertiary alicyclic amines) is 1. The van der Waals surface area contributed by atoms with Crippen LogP contribution < -0.4 is 0 Å². The minimum absolute atomic E-state index is 0.0578. The van der Waals surface area contributed by atoms with Crippen LogP contribution in [0.4, 0.5) is 4.79 Å². The number of fused-ring (bicyclic) bond motifs is 2. The Morgan fingerprint density at radius 2 is 2.11 bits per heavy atom. The fourth-order valence-corrected chi connectivity index (χ4v) is 3.61. The maximum absolute atomic E-state index is 12.3. The van der Waals surface area contributed by atoms with Crippen molar-refractivity contribution in [3.63, 3.8) is 0 Å². The van der Waals surface area contributed by atoms with E-state index in [2.05, 4.69) is 0 Å². The zero-order valence-corrected chi connectivity index (χ0v) is 11.6. The van der Waals surface area contributed by atoms with Gasteiger partial charge in [0.2, 0.25) is 0 Å². The van der Waals surface area contributed by atoms with E-state index in [1.165, 1.54) is 6.42 Å². The zero-order chi connectivity index (χ0) is 13.3. The topological polar surface area (TPSA) is 38.8 Å². The molecule has 0 radical (unpaired) electrons. The summed E-state index contributed by atoms with van der Waals surface area (Å²) < 4.78 is 11.8. The van der Waals surface area contributed by atoms with Crippen molar-refractivity contribution in [2.24, 2.45) is 0 Å². The van der Waals surface area contributed by atoms with Crippen LogP contribution in [0.25, 0.3) is 0 Å². The molecule has 4 heteroatoms. The molecule has 3 unspecified atom stereocenters. The van der Waals surface area contributed by atoms with Crippen molar-refractivity contribution in [3.8, 4) is 0 Å². The number of amides is 1. The normalized spacial score (nSPS) is 38.1. The van der Waals surface area contributed by atoms with E-state index in [0.717, 1.165) is 45.2 Å². The molecule has 0 N–H and O–H groups in total. The van der Waals surface area contributed by atoms with E-state index in [-0.39, 0.29) is 18.3 Å². The van der Waals surface area contributed by atoms with Crippen molar-refractivity contribution in [1.29, 1.82) is 0 Å². The van der Waals surface area contributed by atoms with Gasteiger partial charge in [0.25, 0.3) is 0 Å². The van der Waals surface area contributed by atoms with Gasteiger partial charge in [-0.05, 0) is 45.1 Å². The van der Waals surface area contributed by atoms with Gasteiger partial charge in [0.15, 0.2) is 5.60 Å². The average molecular weight is 265 g/mol. The van der Waals surface area contributed by atoms with Crippen molar-refractivity contribution in [2.75, 3.05) is 13.1 Å². The summed E-state index contributed by atoms with van der Waals surface area (Å²) in [7, 11) is 0. The molecule has 0 aliphatic carbocycles. The average Bonchev–Trinajstić information content (AvgIpc) is 3.01. The molecule has 3 rings (SSSR count). The molecule has 0 aromatic rings. The zero-order valence-electron chi connectivity index (χ0n) is 11.6. The molecule has 3 atom stereocenters. The largest absolute Gasteiger partial charge is 0.436 e. The molecule has 2 bridgehead atoms. The summed E-state index contributed by atoms with van der Waals surface area (Å²) in [5, 5.41) is 0. The van der Waals surface area contributed by atoms with Crippen LogP contribution in [0.3, 0.4) is 0 Å². The van der Waals surface area contributed by atoms with Crippen LogP contribution in [0.15, 0.2) is 12.2 Å². The summed E-state index contributed by atoms with van der Waals surface area (Å²) in [5.41, 5.74) is -0.508. The Kier molecular flexibility index (Phi) is 3.52. The minimum atomic E-state index is -0.508. The van der Waals surface area contributed by atoms with Gasteiger partial charge >= 0.3 is 6.09 Å². The standard InChI is InChI=1S/C15H23NO3/c1-2-8-15(11-12-6-7-13(15)18-12)19-14(17)16-9-4-3-5-10-16/h2,8,12-13H,3-7,9-11H2,1H3/b8-2+. The third kappa shape index (κ3) is 2.38. The Bertz CT molecular complexity index is 376. The molecule has 19 heavy (non-hydrogen) atoms. The lowest BCUT2D eigenvalue weighted by molar-refractivity contribution is -0.0262. The number of carbonyl (C=O) groups is 1. The van der Waals surface area contributed by atoms with Crippen LogP contribution in [-0.2, 0) is 9.47 Å². The van der Waals surface area contributed by atoms with E-state index in [1.54, 1.807) is 0 Å². The van der Waals surface area contributed by atoms with Gasteiger partial charge in [-0.1, -0.05) is 6.08 Å². The van der Waals surface area contributed by atoms with Gasteiger partial charge in [0.1, 0.15) is 6.10 Å². The second-order valence-corrected chi connectivity index (χ2v) is 5.90. The number of allylic oxidation sites excluding steroid dienone is 1. The third-order valence-corrected chi connectivity index (χ3v) is 4.54. The van der Waals surface area contributed by atoms with Crippen LogP contribution in [0.5, 0.6) is 0 Å². The summed E-state index contributed by atoms with van der Waals surface area (Å²) >= 11 is 0. The van der Waals surface area contributed by atoms with Crippen LogP contribution in [0, 0.1) is 0 Å². The highest BCUT2D eigenvalue weighted by atomic mass is 16.6. The Morgan fingerprint density at radius 1 is 1.32 bits per heavy atom. The van der Waals surface area contributed by atoms with Crippen LogP contribution in [-0.4, -0.2) is 41.9 Å². The fraction of sp³-hybridized carbons (Fsp3) is 0.800. The summed E-state index contributed by atoms with van der Waals surface area (Å²) in [4.78, 5) is 14.2. The number of rotatable bonds is 2. The Hall–Kier alpha value is -1.03. The monoisotopic (exact) mass is 265 g/mol. The smallest absolute Gasteiger partial charge is 0.410 e. The summed E-state index contributed by atoms with van der Waals surface area (Å²) in [6.45, 7) is 3.64. The molecule has 3 aliphatic rings. The molecular weight excluding hydrogens is 242 g/mol. The number of nitrogens with zero attached hydrogens (tertiary/aromatic N) is 1. The van der Waals surface area contributed by atoms with E-state index >= 15 is 0 Å². The van der Waals surface area contributed by atoms with Gasteiger partial charge in [-0.15, -0.1) is 0 Å². The van der Waals surface area contributed by atoms with Gasteiger partial charge in [-0.3, -0.25) is 0 Å². The molecule has 0 saturated carbocycles. The molecule has 3 fully saturated rings. The lowest BCUT2D eigenvalue weighted by Crippen LogP contribution is -2.47. The van der Waals surface area contributed by atoms with E-state index in [1.807, 2.05) is 24.0 Å². The summed E-state index contributed by atoms with van der Waals surface area (Å²) in [6.07, 6.45) is 10.5. The van der Waals surface area contributed by atoms with Crippen molar-refractivity contribution in [3.05, 3.63) is 12.2 Å². The first kappa shape index (κ1) is 13.0. The van der Waals surface area contributed by atoms with E-state index < -0.39 is 5.60 Å². The fourth-order valence-electron chi connectivity index (χ4n) is 3.61. The predicted molar refractivity (Wildman–Crippen MR) is 72.0 cm³/mol. The predicted octanol–water partition coefficient (Wildman–Crippen LogP) is 2.88. The molecule has 4 nitrogen and oxygen atoms in total. The molecule has 1 amide bonds. The van der Waals surface area contributed by atoms with Gasteiger partial charge in [0.05, 0.1) is 6.10 Å². The first-order chi connectivity index (χ1) is 9.23. The second kappa shape index (κ2) is 5.16. The Labute approximate surface area is 114 Å². The van der Waals surface area contributed by atoms with Crippen molar-refractivity contribution in [2.45, 2.75) is 63.3 Å². The highest BCUT2D eigenvalue weighted by Gasteiger charge is 2.54. The molecule has 3 heterocycles. The number of hydrogen-bond donors (Lipinski definition) is 0. The second-order valence-electron chi connectivity index (χ2n) is 5.90. The van der Waals surface area contributed by atoms with Crippen molar-refractivity contribution in [1.82, 2.24) is 4.90 Å². The number of piperidine rings is 1. The number of ether oxygens (including phenoxy) is 2. The lowest BCUT2D eigenvalue weighted by Gasteiger charge is -2.35. The summed E-state index contributed by atoms with van der Waals surface area (Å²) in [6, 6.07) is 0. The van der Waals surface area contributed by atoms with Crippen molar-refractivity contribution >= 4 is 6.09 Å². The molecule has 0 aromatic heterocycles. The molecule has 0 spiro atoms. The first-order valence-corrected chi connectivity index (χ1v) is 7.51. The minimum Gasteiger partial charge on any atom is -0.436 e. The van der Waals surface area contributed by atoms with Crippen LogP contribution >= 0.6 is 0 Å². The molecule has 3 aliphatic heterocycles. The SMILES string of the molecule is C/C=C/C1(OC(=O)N2CCCCC2)CC2CCC1O2. The molecule has 106 valence electrons. The quantitative estimate of drug-likeness (QED) is 0.721. The van der Waals surface area contributed by atoms with Crippen molar-refractivity contribution < 1.29 is 14.3 Å². The third-order valence-electron chi connectivity index (χ3n) is 4.54. The highest BCUT2D eigenvalue weighted by molar-refractivity contribution is 5.68.